The lowest BCUT2D eigenvalue weighted by Gasteiger charge is -2.11. The Morgan fingerprint density at radius 1 is 1.10 bits per heavy atom. The van der Waals surface area contributed by atoms with Gasteiger partial charge in [0.1, 0.15) is 10.8 Å². The number of ether oxygens (including phenoxy) is 1. The van der Waals surface area contributed by atoms with E-state index in [2.05, 4.69) is 10.6 Å². The number of primary amides is 1. The number of aryl methyl sites for hydroxylation is 1. The number of benzene rings is 2. The lowest BCUT2D eigenvalue weighted by atomic mass is 10.1. The molecule has 6 nitrogen and oxygen atoms in total. The Balaban J connectivity index is 1.59. The van der Waals surface area contributed by atoms with Crippen LogP contribution in [0.4, 0.5) is 5.00 Å². The van der Waals surface area contributed by atoms with E-state index in [1.54, 1.807) is 24.3 Å². The lowest BCUT2D eigenvalue weighted by Crippen LogP contribution is -2.34. The van der Waals surface area contributed by atoms with Crippen LogP contribution in [0, 0.1) is 13.8 Å². The number of carbonyl (C=O) groups is 2. The fraction of sp³-hybridized carbons (Fsp3) is 0.174. The molecule has 0 unspecified atom stereocenters. The van der Waals surface area contributed by atoms with E-state index in [-0.39, 0.29) is 11.0 Å². The van der Waals surface area contributed by atoms with E-state index in [0.717, 1.165) is 16.9 Å². The molecule has 0 spiro atoms. The minimum atomic E-state index is -0.543. The van der Waals surface area contributed by atoms with Gasteiger partial charge in [-0.05, 0) is 55.4 Å². The van der Waals surface area contributed by atoms with Crippen molar-refractivity contribution in [1.82, 2.24) is 5.32 Å². The molecule has 0 atom stereocenters. The number of thiocarbonyl (C=S) groups is 1. The zero-order valence-electron chi connectivity index (χ0n) is 17.2. The molecule has 8 heteroatoms. The summed E-state index contributed by atoms with van der Waals surface area (Å²) in [5.41, 5.74) is 8.25. The maximum absolute atomic E-state index is 12.6. The molecular formula is C23H23N3O3S2. The molecule has 4 N–H and O–H groups in total. The van der Waals surface area contributed by atoms with Crippen LogP contribution < -0.4 is 21.1 Å². The Labute approximate surface area is 190 Å². The van der Waals surface area contributed by atoms with Crippen molar-refractivity contribution in [1.29, 1.82) is 0 Å². The zero-order valence-corrected chi connectivity index (χ0v) is 18.9. The second-order valence-corrected chi connectivity index (χ2v) is 8.50. The van der Waals surface area contributed by atoms with Crippen LogP contribution >= 0.6 is 23.6 Å². The molecule has 0 aliphatic rings. The van der Waals surface area contributed by atoms with Gasteiger partial charge in [-0.15, -0.1) is 11.3 Å². The van der Waals surface area contributed by atoms with Gasteiger partial charge in [-0.2, -0.15) is 0 Å². The topological polar surface area (TPSA) is 93.4 Å². The second-order valence-electron chi connectivity index (χ2n) is 6.87. The van der Waals surface area contributed by atoms with Gasteiger partial charge in [0.2, 0.25) is 0 Å². The van der Waals surface area contributed by atoms with Crippen molar-refractivity contribution in [3.8, 4) is 5.75 Å². The number of thiophene rings is 1. The van der Waals surface area contributed by atoms with Crippen LogP contribution in [0.2, 0.25) is 0 Å². The first-order valence-electron chi connectivity index (χ1n) is 9.64. The number of amides is 2. The number of anilines is 1. The third kappa shape index (κ3) is 5.90. The van der Waals surface area contributed by atoms with E-state index in [9.17, 15) is 9.59 Å². The molecule has 0 radical (unpaired) electrons. The van der Waals surface area contributed by atoms with Gasteiger partial charge in [0, 0.05) is 16.9 Å². The first kappa shape index (κ1) is 22.5. The molecule has 0 saturated heterocycles. The monoisotopic (exact) mass is 453 g/mol. The molecule has 160 valence electrons. The predicted octanol–water partition coefficient (Wildman–Crippen LogP) is 4.21. The van der Waals surface area contributed by atoms with Gasteiger partial charge in [0.25, 0.3) is 11.8 Å². The van der Waals surface area contributed by atoms with Gasteiger partial charge in [0.15, 0.2) is 5.11 Å². The Morgan fingerprint density at radius 2 is 1.84 bits per heavy atom. The Hall–Kier alpha value is -3.23. The molecule has 0 aliphatic heterocycles. The van der Waals surface area contributed by atoms with E-state index in [1.807, 2.05) is 44.2 Å². The maximum Gasteiger partial charge on any atom is 0.257 e. The second kappa shape index (κ2) is 10.2. The van der Waals surface area contributed by atoms with E-state index >= 15 is 0 Å². The minimum Gasteiger partial charge on any atom is -0.493 e. The summed E-state index contributed by atoms with van der Waals surface area (Å²) in [6.45, 7) is 4.21. The van der Waals surface area contributed by atoms with Crippen molar-refractivity contribution >= 4 is 45.5 Å². The molecule has 2 amide bonds. The van der Waals surface area contributed by atoms with Crippen LogP contribution in [0.1, 0.15) is 36.7 Å². The number of carbonyl (C=O) groups excluding carboxylic acids is 2. The van der Waals surface area contributed by atoms with Crippen molar-refractivity contribution in [3.63, 3.8) is 0 Å². The van der Waals surface area contributed by atoms with E-state index in [0.29, 0.717) is 28.5 Å². The first-order valence-corrected chi connectivity index (χ1v) is 10.9. The summed E-state index contributed by atoms with van der Waals surface area (Å²) in [5.74, 6) is -0.321. The number of hydrogen-bond acceptors (Lipinski definition) is 5. The average Bonchev–Trinajstić information content (AvgIpc) is 3.02. The molecular weight excluding hydrogens is 430 g/mol. The van der Waals surface area contributed by atoms with Gasteiger partial charge in [0.05, 0.1) is 12.2 Å². The largest absolute Gasteiger partial charge is 0.493 e. The first-order chi connectivity index (χ1) is 14.8. The van der Waals surface area contributed by atoms with Crippen LogP contribution in [0.15, 0.2) is 54.6 Å². The molecule has 1 aromatic heterocycles. The quantitative estimate of drug-likeness (QED) is 0.466. The molecule has 3 rings (SSSR count). The highest BCUT2D eigenvalue weighted by Crippen LogP contribution is 2.31. The fourth-order valence-electron chi connectivity index (χ4n) is 2.98. The summed E-state index contributed by atoms with van der Waals surface area (Å²) in [6, 6.07) is 16.9. The van der Waals surface area contributed by atoms with Crippen LogP contribution in [-0.4, -0.2) is 23.5 Å². The molecule has 0 aliphatic carbocycles. The highest BCUT2D eigenvalue weighted by Gasteiger charge is 2.19. The standard InChI is InChI=1S/C23H23N3O3S2/c1-14-15(2)31-22(19(14)20(24)27)26-23(30)25-21(28)17-9-6-10-18(13-17)29-12-11-16-7-4-3-5-8-16/h3-10,13H,11-12H2,1-2H3,(H2,24,27)(H2,25,26,28,30). The number of rotatable bonds is 7. The Bertz CT molecular complexity index is 1110. The van der Waals surface area contributed by atoms with Crippen molar-refractivity contribution in [2.24, 2.45) is 5.73 Å². The summed E-state index contributed by atoms with van der Waals surface area (Å²) >= 11 is 6.61. The van der Waals surface area contributed by atoms with Gasteiger partial charge in [-0.3, -0.25) is 14.9 Å². The van der Waals surface area contributed by atoms with E-state index in [1.165, 1.54) is 16.9 Å². The smallest absolute Gasteiger partial charge is 0.257 e. The highest BCUT2D eigenvalue weighted by atomic mass is 32.1. The third-order valence-corrected chi connectivity index (χ3v) is 6.01. The molecule has 0 bridgehead atoms. The van der Waals surface area contributed by atoms with Crippen LogP contribution in [-0.2, 0) is 6.42 Å². The van der Waals surface area contributed by atoms with Crippen LogP contribution in [0.3, 0.4) is 0 Å². The van der Waals surface area contributed by atoms with Crippen molar-refractivity contribution < 1.29 is 14.3 Å². The zero-order chi connectivity index (χ0) is 22.4. The summed E-state index contributed by atoms with van der Waals surface area (Å²) in [7, 11) is 0. The van der Waals surface area contributed by atoms with E-state index in [4.69, 9.17) is 22.7 Å². The van der Waals surface area contributed by atoms with Gasteiger partial charge in [-0.25, -0.2) is 0 Å². The van der Waals surface area contributed by atoms with Gasteiger partial charge >= 0.3 is 0 Å². The summed E-state index contributed by atoms with van der Waals surface area (Å²) in [4.78, 5) is 25.3. The predicted molar refractivity (Wildman–Crippen MR) is 128 cm³/mol. The molecule has 2 aromatic carbocycles. The maximum atomic E-state index is 12.6. The molecule has 0 saturated carbocycles. The fourth-order valence-corrected chi connectivity index (χ4v) is 4.31. The normalized spacial score (nSPS) is 10.4. The van der Waals surface area contributed by atoms with E-state index < -0.39 is 5.91 Å². The average molecular weight is 454 g/mol. The molecule has 3 aromatic rings. The number of nitrogens with two attached hydrogens (primary N) is 1. The third-order valence-electron chi connectivity index (χ3n) is 4.68. The van der Waals surface area contributed by atoms with Gasteiger partial charge in [-0.1, -0.05) is 36.4 Å². The van der Waals surface area contributed by atoms with Crippen LogP contribution in [0.5, 0.6) is 5.75 Å². The number of hydrogen-bond donors (Lipinski definition) is 3. The van der Waals surface area contributed by atoms with Gasteiger partial charge < -0.3 is 15.8 Å². The lowest BCUT2D eigenvalue weighted by molar-refractivity contribution is 0.0975. The molecule has 31 heavy (non-hydrogen) atoms. The highest BCUT2D eigenvalue weighted by molar-refractivity contribution is 7.80. The Morgan fingerprint density at radius 3 is 2.55 bits per heavy atom. The van der Waals surface area contributed by atoms with Crippen LogP contribution in [0.25, 0.3) is 0 Å². The van der Waals surface area contributed by atoms with Crippen molar-refractivity contribution in [3.05, 3.63) is 81.7 Å². The SMILES string of the molecule is Cc1sc(NC(=S)NC(=O)c2cccc(OCCc3ccccc3)c2)c(C(N)=O)c1C. The minimum absolute atomic E-state index is 0.0872. The summed E-state index contributed by atoms with van der Waals surface area (Å²) in [5, 5.41) is 6.14. The number of nitrogens with one attached hydrogen (secondary N) is 2. The van der Waals surface area contributed by atoms with Crippen molar-refractivity contribution in [2.75, 3.05) is 11.9 Å². The Kier molecular flexibility index (Phi) is 7.38. The molecule has 1 heterocycles. The summed E-state index contributed by atoms with van der Waals surface area (Å²) in [6.07, 6.45) is 0.771. The summed E-state index contributed by atoms with van der Waals surface area (Å²) < 4.78 is 5.78. The molecule has 0 fully saturated rings. The van der Waals surface area contributed by atoms with Crippen molar-refractivity contribution in [2.45, 2.75) is 20.3 Å².